The fourth-order valence-electron chi connectivity index (χ4n) is 0.675. The summed E-state index contributed by atoms with van der Waals surface area (Å²) in [5.41, 5.74) is 0.709. The minimum Gasteiger partial charge on any atom is -0.384 e. The first-order valence-electron chi connectivity index (χ1n) is 3.18. The molecule has 0 aliphatic rings. The standard InChI is InChI=1S/C9H7FO/c10-9-5-3-8(4-6-9)2-1-7-11/h3-6,11H,7H2. The number of hydrogen-bond donors (Lipinski definition) is 1. The van der Waals surface area contributed by atoms with E-state index in [0.29, 0.717) is 5.56 Å². The van der Waals surface area contributed by atoms with Gasteiger partial charge in [0.15, 0.2) is 0 Å². The SMILES string of the molecule is OCC#Cc1ccc(F)cc1. The fraction of sp³-hybridized carbons (Fsp3) is 0.111. The van der Waals surface area contributed by atoms with E-state index < -0.39 is 0 Å². The Morgan fingerprint density at radius 1 is 1.27 bits per heavy atom. The monoisotopic (exact) mass is 150 g/mol. The van der Waals surface area contributed by atoms with Crippen molar-refractivity contribution in [2.75, 3.05) is 6.61 Å². The number of aliphatic hydroxyl groups is 1. The van der Waals surface area contributed by atoms with E-state index in [1.165, 1.54) is 12.1 Å². The second-order valence-corrected chi connectivity index (χ2v) is 1.97. The van der Waals surface area contributed by atoms with Crippen LogP contribution in [0.1, 0.15) is 5.56 Å². The summed E-state index contributed by atoms with van der Waals surface area (Å²) in [6.07, 6.45) is 0. The number of rotatable bonds is 0. The van der Waals surface area contributed by atoms with Crippen LogP contribution in [0, 0.1) is 17.7 Å². The average Bonchev–Trinajstić information content (AvgIpc) is 2.04. The van der Waals surface area contributed by atoms with E-state index in [2.05, 4.69) is 11.8 Å². The summed E-state index contributed by atoms with van der Waals surface area (Å²) < 4.78 is 12.3. The zero-order chi connectivity index (χ0) is 8.10. The van der Waals surface area contributed by atoms with Gasteiger partial charge < -0.3 is 5.11 Å². The first kappa shape index (κ1) is 7.77. The van der Waals surface area contributed by atoms with E-state index in [9.17, 15) is 4.39 Å². The molecule has 0 spiro atoms. The topological polar surface area (TPSA) is 20.2 Å². The van der Waals surface area contributed by atoms with Crippen LogP contribution < -0.4 is 0 Å². The molecule has 1 rings (SSSR count). The van der Waals surface area contributed by atoms with Gasteiger partial charge in [0.25, 0.3) is 0 Å². The molecule has 1 aromatic carbocycles. The zero-order valence-electron chi connectivity index (χ0n) is 5.84. The van der Waals surface area contributed by atoms with E-state index in [0.717, 1.165) is 0 Å². The third-order valence-corrected chi connectivity index (χ3v) is 1.16. The highest BCUT2D eigenvalue weighted by Crippen LogP contribution is 1.99. The lowest BCUT2D eigenvalue weighted by atomic mass is 10.2. The summed E-state index contributed by atoms with van der Waals surface area (Å²) in [7, 11) is 0. The molecule has 1 aromatic rings. The van der Waals surface area contributed by atoms with Crippen molar-refractivity contribution in [3.8, 4) is 11.8 Å². The molecule has 0 unspecified atom stereocenters. The van der Waals surface area contributed by atoms with Crippen LogP contribution in [0.3, 0.4) is 0 Å². The van der Waals surface area contributed by atoms with Gasteiger partial charge in [0.05, 0.1) is 0 Å². The molecule has 0 fully saturated rings. The summed E-state index contributed by atoms with van der Waals surface area (Å²) in [5.74, 6) is 4.84. The quantitative estimate of drug-likeness (QED) is 0.550. The van der Waals surface area contributed by atoms with Gasteiger partial charge in [0.2, 0.25) is 0 Å². The van der Waals surface area contributed by atoms with Gasteiger partial charge in [0.1, 0.15) is 12.4 Å². The highest BCUT2D eigenvalue weighted by atomic mass is 19.1. The van der Waals surface area contributed by atoms with Crippen LogP contribution in [-0.4, -0.2) is 11.7 Å². The van der Waals surface area contributed by atoms with Gasteiger partial charge in [0, 0.05) is 5.56 Å². The Morgan fingerprint density at radius 3 is 2.45 bits per heavy atom. The van der Waals surface area contributed by atoms with Crippen molar-refractivity contribution in [2.45, 2.75) is 0 Å². The molecule has 0 radical (unpaired) electrons. The Hall–Kier alpha value is -1.33. The molecule has 0 aromatic heterocycles. The summed E-state index contributed by atoms with van der Waals surface area (Å²) in [6.45, 7) is -0.169. The highest BCUT2D eigenvalue weighted by Gasteiger charge is 1.87. The van der Waals surface area contributed by atoms with E-state index in [1.54, 1.807) is 12.1 Å². The van der Waals surface area contributed by atoms with Crippen molar-refractivity contribution >= 4 is 0 Å². The summed E-state index contributed by atoms with van der Waals surface area (Å²) in [5, 5.41) is 8.33. The number of halogens is 1. The average molecular weight is 150 g/mol. The van der Waals surface area contributed by atoms with Crippen molar-refractivity contribution in [3.63, 3.8) is 0 Å². The molecule has 0 amide bonds. The van der Waals surface area contributed by atoms with Crippen molar-refractivity contribution in [1.82, 2.24) is 0 Å². The Morgan fingerprint density at radius 2 is 1.91 bits per heavy atom. The molecule has 0 heterocycles. The maximum Gasteiger partial charge on any atom is 0.123 e. The minimum absolute atomic E-state index is 0.169. The molecule has 0 bridgehead atoms. The van der Waals surface area contributed by atoms with Gasteiger partial charge >= 0.3 is 0 Å². The van der Waals surface area contributed by atoms with Crippen LogP contribution >= 0.6 is 0 Å². The van der Waals surface area contributed by atoms with Gasteiger partial charge in [-0.1, -0.05) is 11.8 Å². The van der Waals surface area contributed by atoms with Crippen molar-refractivity contribution in [2.24, 2.45) is 0 Å². The molecular formula is C9H7FO. The van der Waals surface area contributed by atoms with Crippen LogP contribution in [0.4, 0.5) is 4.39 Å². The minimum atomic E-state index is -0.278. The van der Waals surface area contributed by atoms with Crippen LogP contribution in [-0.2, 0) is 0 Å². The van der Waals surface area contributed by atoms with Crippen LogP contribution in [0.15, 0.2) is 24.3 Å². The molecule has 0 saturated heterocycles. The molecule has 1 nitrogen and oxygen atoms in total. The lowest BCUT2D eigenvalue weighted by Gasteiger charge is -1.87. The maximum atomic E-state index is 12.3. The van der Waals surface area contributed by atoms with E-state index in [4.69, 9.17) is 5.11 Å². The second-order valence-electron chi connectivity index (χ2n) is 1.97. The Balaban J connectivity index is 2.82. The molecule has 0 aliphatic heterocycles. The number of aliphatic hydroxyl groups excluding tert-OH is 1. The van der Waals surface area contributed by atoms with Crippen molar-refractivity contribution in [1.29, 1.82) is 0 Å². The van der Waals surface area contributed by atoms with Crippen LogP contribution in [0.5, 0.6) is 0 Å². The number of hydrogen-bond acceptors (Lipinski definition) is 1. The summed E-state index contributed by atoms with van der Waals surface area (Å²) >= 11 is 0. The van der Waals surface area contributed by atoms with Crippen LogP contribution in [0.25, 0.3) is 0 Å². The van der Waals surface area contributed by atoms with Crippen LogP contribution in [0.2, 0.25) is 0 Å². The Labute approximate surface area is 64.5 Å². The highest BCUT2D eigenvalue weighted by molar-refractivity contribution is 5.33. The predicted molar refractivity (Wildman–Crippen MR) is 40.4 cm³/mol. The van der Waals surface area contributed by atoms with Gasteiger partial charge in [-0.2, -0.15) is 0 Å². The van der Waals surface area contributed by atoms with Crippen molar-refractivity contribution < 1.29 is 9.50 Å². The van der Waals surface area contributed by atoms with E-state index in [-0.39, 0.29) is 12.4 Å². The molecule has 11 heavy (non-hydrogen) atoms. The first-order valence-corrected chi connectivity index (χ1v) is 3.18. The Kier molecular flexibility index (Phi) is 2.65. The molecule has 0 saturated carbocycles. The van der Waals surface area contributed by atoms with Gasteiger partial charge in [-0.3, -0.25) is 0 Å². The Bertz CT molecular complexity index is 279. The van der Waals surface area contributed by atoms with Gasteiger partial charge in [-0.25, -0.2) is 4.39 Å². The molecular weight excluding hydrogens is 143 g/mol. The predicted octanol–water partition coefficient (Wildman–Crippen LogP) is 1.17. The smallest absolute Gasteiger partial charge is 0.123 e. The van der Waals surface area contributed by atoms with Gasteiger partial charge in [-0.05, 0) is 24.3 Å². The largest absolute Gasteiger partial charge is 0.384 e. The second kappa shape index (κ2) is 3.75. The summed E-state index contributed by atoms with van der Waals surface area (Å²) in [4.78, 5) is 0. The molecule has 0 aliphatic carbocycles. The summed E-state index contributed by atoms with van der Waals surface area (Å²) in [6, 6.07) is 5.80. The number of benzene rings is 1. The molecule has 0 atom stereocenters. The van der Waals surface area contributed by atoms with E-state index >= 15 is 0 Å². The lowest BCUT2D eigenvalue weighted by molar-refractivity contribution is 0.350. The molecule has 56 valence electrons. The first-order chi connectivity index (χ1) is 5.33. The van der Waals surface area contributed by atoms with E-state index in [1.807, 2.05) is 0 Å². The third-order valence-electron chi connectivity index (χ3n) is 1.16. The molecule has 1 N–H and O–H groups in total. The van der Waals surface area contributed by atoms with Crippen molar-refractivity contribution in [3.05, 3.63) is 35.6 Å². The third kappa shape index (κ3) is 2.40. The van der Waals surface area contributed by atoms with Gasteiger partial charge in [-0.15, -0.1) is 0 Å². The fourth-order valence-corrected chi connectivity index (χ4v) is 0.675. The zero-order valence-corrected chi connectivity index (χ0v) is 5.84. The lowest BCUT2D eigenvalue weighted by Crippen LogP contribution is -1.77. The maximum absolute atomic E-state index is 12.3. The normalized spacial score (nSPS) is 8.55. The molecule has 2 heteroatoms.